The number of halogens is 1. The van der Waals surface area contributed by atoms with Gasteiger partial charge in [0, 0.05) is 10.2 Å². The third-order valence-corrected chi connectivity index (χ3v) is 4.22. The van der Waals surface area contributed by atoms with Gasteiger partial charge in [-0.1, -0.05) is 28.9 Å². The maximum absolute atomic E-state index is 11.3. The van der Waals surface area contributed by atoms with Crippen LogP contribution in [0.5, 0.6) is 5.75 Å². The summed E-state index contributed by atoms with van der Waals surface area (Å²) in [4.78, 5) is 0. The topological polar surface area (TPSA) is 54.4 Å². The van der Waals surface area contributed by atoms with E-state index in [0.29, 0.717) is 10.0 Å². The molecule has 3 nitrogen and oxygen atoms in total. The Balaban J connectivity index is 2.99. The molecule has 0 heterocycles. The molecule has 78 valence electrons. The highest BCUT2D eigenvalue weighted by Gasteiger charge is 2.11. The van der Waals surface area contributed by atoms with Crippen molar-refractivity contribution in [2.24, 2.45) is 0 Å². The summed E-state index contributed by atoms with van der Waals surface area (Å²) in [5.74, 6) is 0.250. The molecule has 0 saturated heterocycles. The van der Waals surface area contributed by atoms with Crippen molar-refractivity contribution in [1.29, 1.82) is 0 Å². The molecule has 0 saturated carbocycles. The molecule has 0 spiro atoms. The van der Waals surface area contributed by atoms with Gasteiger partial charge >= 0.3 is 0 Å². The van der Waals surface area contributed by atoms with Crippen molar-refractivity contribution in [3.05, 3.63) is 28.2 Å². The first-order chi connectivity index (χ1) is 6.44. The van der Waals surface area contributed by atoms with Crippen LogP contribution in [0, 0.1) is 0 Å². The largest absolute Gasteiger partial charge is 0.508 e. The van der Waals surface area contributed by atoms with Gasteiger partial charge in [0.2, 0.25) is 0 Å². The number of hydrogen-bond donors (Lipinski definition) is 1. The average Bonchev–Trinajstić information content (AvgIpc) is 2.10. The first-order valence-electron chi connectivity index (χ1n) is 4.12. The van der Waals surface area contributed by atoms with Gasteiger partial charge < -0.3 is 5.11 Å². The van der Waals surface area contributed by atoms with E-state index in [1.165, 1.54) is 12.1 Å². The molecule has 0 aromatic heterocycles. The van der Waals surface area contributed by atoms with Gasteiger partial charge in [-0.25, -0.2) is 8.42 Å². The molecule has 5 heteroatoms. The van der Waals surface area contributed by atoms with Gasteiger partial charge in [0.15, 0.2) is 9.84 Å². The molecule has 0 atom stereocenters. The van der Waals surface area contributed by atoms with Crippen molar-refractivity contribution >= 4 is 25.8 Å². The number of aromatic hydroxyl groups is 1. The molecular formula is C9H11BrO3S. The molecule has 1 N–H and O–H groups in total. The zero-order valence-electron chi connectivity index (χ0n) is 7.70. The smallest absolute Gasteiger partial charge is 0.154 e. The summed E-state index contributed by atoms with van der Waals surface area (Å²) in [5.41, 5.74) is 0.671. The van der Waals surface area contributed by atoms with E-state index in [1.54, 1.807) is 13.0 Å². The van der Waals surface area contributed by atoms with Crippen molar-refractivity contribution < 1.29 is 13.5 Å². The van der Waals surface area contributed by atoms with Crippen LogP contribution in [0.2, 0.25) is 0 Å². The normalized spacial score (nSPS) is 11.6. The maximum atomic E-state index is 11.3. The Kier molecular flexibility index (Phi) is 3.55. The van der Waals surface area contributed by atoms with Crippen LogP contribution in [-0.2, 0) is 15.6 Å². The predicted molar refractivity (Wildman–Crippen MR) is 59.0 cm³/mol. The molecule has 0 aliphatic rings. The Labute approximate surface area is 91.8 Å². The van der Waals surface area contributed by atoms with Crippen molar-refractivity contribution in [3.8, 4) is 5.75 Å². The van der Waals surface area contributed by atoms with Gasteiger partial charge in [-0.15, -0.1) is 0 Å². The van der Waals surface area contributed by atoms with Crippen LogP contribution in [0.3, 0.4) is 0 Å². The second-order valence-electron chi connectivity index (χ2n) is 2.95. The van der Waals surface area contributed by atoms with Crippen LogP contribution in [0.1, 0.15) is 12.5 Å². The van der Waals surface area contributed by atoms with Crippen LogP contribution in [0.25, 0.3) is 0 Å². The number of phenolic OH excluding ortho intramolecular Hbond substituents is 1. The highest BCUT2D eigenvalue weighted by molar-refractivity contribution is 9.10. The molecular weight excluding hydrogens is 268 g/mol. The Morgan fingerprint density at radius 3 is 2.57 bits per heavy atom. The fraction of sp³-hybridized carbons (Fsp3) is 0.333. The van der Waals surface area contributed by atoms with Crippen LogP contribution < -0.4 is 0 Å². The number of phenols is 1. The monoisotopic (exact) mass is 278 g/mol. The van der Waals surface area contributed by atoms with Crippen LogP contribution >= 0.6 is 15.9 Å². The van der Waals surface area contributed by atoms with Gasteiger partial charge in [0.1, 0.15) is 5.75 Å². The Morgan fingerprint density at radius 1 is 1.43 bits per heavy atom. The zero-order chi connectivity index (χ0) is 10.8. The second kappa shape index (κ2) is 4.31. The Morgan fingerprint density at radius 2 is 2.07 bits per heavy atom. The zero-order valence-corrected chi connectivity index (χ0v) is 10.1. The molecule has 0 radical (unpaired) electrons. The van der Waals surface area contributed by atoms with Crippen molar-refractivity contribution in [2.75, 3.05) is 5.75 Å². The maximum Gasteiger partial charge on any atom is 0.154 e. The molecule has 1 aromatic rings. The van der Waals surface area contributed by atoms with Crippen molar-refractivity contribution in [3.63, 3.8) is 0 Å². The lowest BCUT2D eigenvalue weighted by Crippen LogP contribution is -2.06. The van der Waals surface area contributed by atoms with Gasteiger partial charge in [-0.3, -0.25) is 0 Å². The lowest BCUT2D eigenvalue weighted by atomic mass is 10.2. The fourth-order valence-corrected chi connectivity index (χ4v) is 2.61. The van der Waals surface area contributed by atoms with Gasteiger partial charge in [0.05, 0.1) is 5.75 Å². The van der Waals surface area contributed by atoms with E-state index in [4.69, 9.17) is 5.11 Å². The van der Waals surface area contributed by atoms with E-state index in [0.717, 1.165) is 0 Å². The molecule has 0 unspecified atom stereocenters. The lowest BCUT2D eigenvalue weighted by Gasteiger charge is -2.04. The van der Waals surface area contributed by atoms with E-state index in [9.17, 15) is 8.42 Å². The fourth-order valence-electron chi connectivity index (χ4n) is 0.992. The standard InChI is InChI=1S/C9H11BrO3S/c1-2-14(12,13)6-7-3-4-8(11)5-9(7)10/h3-5,11H,2,6H2,1H3. The summed E-state index contributed by atoms with van der Waals surface area (Å²) in [6, 6.07) is 4.57. The number of benzene rings is 1. The van der Waals surface area contributed by atoms with Gasteiger partial charge in [-0.2, -0.15) is 0 Å². The summed E-state index contributed by atoms with van der Waals surface area (Å²) in [6.45, 7) is 1.61. The summed E-state index contributed by atoms with van der Waals surface area (Å²) in [6.07, 6.45) is 0. The SMILES string of the molecule is CCS(=O)(=O)Cc1ccc(O)cc1Br. The summed E-state index contributed by atoms with van der Waals surface area (Å²) < 4.78 is 23.3. The average molecular weight is 279 g/mol. The molecule has 0 bridgehead atoms. The molecule has 0 amide bonds. The van der Waals surface area contributed by atoms with Crippen LogP contribution in [0.15, 0.2) is 22.7 Å². The minimum Gasteiger partial charge on any atom is -0.508 e. The molecule has 0 aliphatic carbocycles. The summed E-state index contributed by atoms with van der Waals surface area (Å²) in [7, 11) is -3.02. The van der Waals surface area contributed by atoms with E-state index in [1.807, 2.05) is 0 Å². The highest BCUT2D eigenvalue weighted by atomic mass is 79.9. The third-order valence-electron chi connectivity index (χ3n) is 1.85. The van der Waals surface area contributed by atoms with Crippen LogP contribution in [0.4, 0.5) is 0 Å². The number of rotatable bonds is 3. The minimum atomic E-state index is -3.02. The lowest BCUT2D eigenvalue weighted by molar-refractivity contribution is 0.474. The van der Waals surface area contributed by atoms with Crippen molar-refractivity contribution in [2.45, 2.75) is 12.7 Å². The van der Waals surface area contributed by atoms with Crippen molar-refractivity contribution in [1.82, 2.24) is 0 Å². The number of sulfone groups is 1. The Bertz CT molecular complexity index is 426. The minimum absolute atomic E-state index is 0.00433. The second-order valence-corrected chi connectivity index (χ2v) is 6.16. The van der Waals surface area contributed by atoms with Crippen LogP contribution in [-0.4, -0.2) is 19.3 Å². The molecule has 1 aromatic carbocycles. The summed E-state index contributed by atoms with van der Waals surface area (Å²) >= 11 is 3.20. The molecule has 0 aliphatic heterocycles. The summed E-state index contributed by atoms with van der Waals surface area (Å²) in [5, 5.41) is 9.11. The number of hydrogen-bond acceptors (Lipinski definition) is 3. The molecule has 0 fully saturated rings. The van der Waals surface area contributed by atoms with E-state index in [2.05, 4.69) is 15.9 Å². The molecule has 1 rings (SSSR count). The first kappa shape index (κ1) is 11.5. The Hall–Kier alpha value is -0.550. The van der Waals surface area contributed by atoms with E-state index in [-0.39, 0.29) is 17.3 Å². The quantitative estimate of drug-likeness (QED) is 0.921. The van der Waals surface area contributed by atoms with E-state index >= 15 is 0 Å². The predicted octanol–water partition coefficient (Wildman–Crippen LogP) is 2.09. The third kappa shape index (κ3) is 2.99. The molecule has 14 heavy (non-hydrogen) atoms. The van der Waals surface area contributed by atoms with E-state index < -0.39 is 9.84 Å². The van der Waals surface area contributed by atoms with Gasteiger partial charge in [0.25, 0.3) is 0 Å². The van der Waals surface area contributed by atoms with Gasteiger partial charge in [-0.05, 0) is 17.7 Å². The highest BCUT2D eigenvalue weighted by Crippen LogP contribution is 2.23. The first-order valence-corrected chi connectivity index (χ1v) is 6.74.